The number of thioether (sulfide) groups is 1. The van der Waals surface area contributed by atoms with Gasteiger partial charge in [0, 0.05) is 0 Å². The van der Waals surface area contributed by atoms with Crippen molar-refractivity contribution in [3.63, 3.8) is 0 Å². The van der Waals surface area contributed by atoms with E-state index < -0.39 is 16.4 Å². The van der Waals surface area contributed by atoms with Crippen LogP contribution in [0.25, 0.3) is 0 Å². The molecule has 1 heterocycles. The molecule has 1 rings (SSSR count). The van der Waals surface area contributed by atoms with Crippen molar-refractivity contribution in [3.05, 3.63) is 25.6 Å². The molecule has 6 heteroatoms. The Bertz CT molecular complexity index is 393. The van der Waals surface area contributed by atoms with Gasteiger partial charge in [-0.1, -0.05) is 25.1 Å². The fourth-order valence-corrected chi connectivity index (χ4v) is 2.20. The van der Waals surface area contributed by atoms with Crippen LogP contribution in [0.5, 0.6) is 0 Å². The summed E-state index contributed by atoms with van der Waals surface area (Å²) in [6.07, 6.45) is 2.11. The molecule has 0 bridgehead atoms. The van der Waals surface area contributed by atoms with E-state index in [9.17, 15) is 19.7 Å². The average Bonchev–Trinajstić information content (AvgIpc) is 2.51. The summed E-state index contributed by atoms with van der Waals surface area (Å²) in [4.78, 5) is 31.8. The van der Waals surface area contributed by atoms with Gasteiger partial charge in [0.25, 0.3) is 5.78 Å². The van der Waals surface area contributed by atoms with Gasteiger partial charge < -0.3 is 0 Å². The molecule has 0 amide bonds. The van der Waals surface area contributed by atoms with Crippen LogP contribution in [0.2, 0.25) is 0 Å². The van der Waals surface area contributed by atoms with Crippen LogP contribution in [-0.4, -0.2) is 16.6 Å². The van der Waals surface area contributed by atoms with Crippen molar-refractivity contribution < 1.29 is 14.5 Å². The van der Waals surface area contributed by atoms with E-state index in [2.05, 4.69) is 0 Å². The molecule has 80 valence electrons. The molecule has 0 aromatic rings. The smallest absolute Gasteiger partial charge is 0.280 e. The minimum atomic E-state index is -0.800. The summed E-state index contributed by atoms with van der Waals surface area (Å²) in [5.74, 6) is 0.639. The van der Waals surface area contributed by atoms with Crippen molar-refractivity contribution >= 4 is 23.5 Å². The van der Waals surface area contributed by atoms with Crippen LogP contribution in [0.15, 0.2) is 15.5 Å². The summed E-state index contributed by atoms with van der Waals surface area (Å²) in [5.41, 5.74) is -0.452. The molecule has 1 aliphatic heterocycles. The SMILES string of the molecule is CCCCC1=C([N+](=O)[O-])C(=O)C(=C=O)S1. The molecule has 0 fully saturated rings. The fourth-order valence-electron chi connectivity index (χ4n) is 1.21. The first kappa shape index (κ1) is 11.7. The maximum Gasteiger partial charge on any atom is 0.328 e. The minimum Gasteiger partial charge on any atom is -0.280 e. The van der Waals surface area contributed by atoms with Crippen LogP contribution in [0, 0.1) is 10.1 Å². The lowest BCUT2D eigenvalue weighted by Gasteiger charge is -1.96. The highest BCUT2D eigenvalue weighted by Gasteiger charge is 2.38. The van der Waals surface area contributed by atoms with Gasteiger partial charge in [-0.25, -0.2) is 4.79 Å². The van der Waals surface area contributed by atoms with Gasteiger partial charge in [0.2, 0.25) is 0 Å². The van der Waals surface area contributed by atoms with Gasteiger partial charge in [-0.15, -0.1) is 0 Å². The molecule has 0 aromatic heterocycles. The number of unbranched alkanes of at least 4 members (excludes halogenated alkanes) is 1. The van der Waals surface area contributed by atoms with E-state index >= 15 is 0 Å². The van der Waals surface area contributed by atoms with Gasteiger partial charge in [-0.2, -0.15) is 0 Å². The lowest BCUT2D eigenvalue weighted by Crippen LogP contribution is -2.09. The van der Waals surface area contributed by atoms with E-state index in [1.807, 2.05) is 6.92 Å². The van der Waals surface area contributed by atoms with E-state index in [1.165, 1.54) is 5.94 Å². The van der Waals surface area contributed by atoms with E-state index in [0.717, 1.165) is 24.6 Å². The Kier molecular flexibility index (Phi) is 3.82. The predicted octanol–water partition coefficient (Wildman–Crippen LogP) is 1.70. The van der Waals surface area contributed by atoms with Crippen molar-refractivity contribution in [1.29, 1.82) is 0 Å². The normalized spacial score (nSPS) is 15.8. The maximum atomic E-state index is 11.3. The zero-order valence-corrected chi connectivity index (χ0v) is 8.93. The number of Topliss-reactive ketones (excluding diaryl/α,β-unsaturated/α-hetero) is 1. The molecule has 15 heavy (non-hydrogen) atoms. The number of ketones is 1. The number of hydrogen-bond donors (Lipinski definition) is 0. The topological polar surface area (TPSA) is 77.3 Å². The quantitative estimate of drug-likeness (QED) is 0.316. The summed E-state index contributed by atoms with van der Waals surface area (Å²) in [5, 5.41) is 10.6. The molecule has 0 atom stereocenters. The van der Waals surface area contributed by atoms with Crippen LogP contribution in [-0.2, 0) is 9.59 Å². The molecule has 0 radical (unpaired) electrons. The third kappa shape index (κ3) is 2.34. The number of nitrogens with zero attached hydrogens (tertiary/aromatic N) is 1. The summed E-state index contributed by atoms with van der Waals surface area (Å²) >= 11 is 0.877. The third-order valence-electron chi connectivity index (χ3n) is 1.94. The van der Waals surface area contributed by atoms with Crippen molar-refractivity contribution in [2.24, 2.45) is 0 Å². The Morgan fingerprint density at radius 1 is 1.53 bits per heavy atom. The Balaban J connectivity index is 3.01. The number of rotatable bonds is 4. The number of allylic oxidation sites excluding steroid dienone is 2. The summed E-state index contributed by atoms with van der Waals surface area (Å²) in [7, 11) is 0. The van der Waals surface area contributed by atoms with Crippen LogP contribution in [0.3, 0.4) is 0 Å². The molecule has 1 aliphatic rings. The van der Waals surface area contributed by atoms with Gasteiger partial charge >= 0.3 is 5.70 Å². The molecule has 0 aliphatic carbocycles. The Hall–Kier alpha value is -1.39. The van der Waals surface area contributed by atoms with Crippen molar-refractivity contribution in [2.75, 3.05) is 0 Å². The van der Waals surface area contributed by atoms with Crippen molar-refractivity contribution in [3.8, 4) is 0 Å². The molecule has 0 unspecified atom stereocenters. The lowest BCUT2D eigenvalue weighted by molar-refractivity contribution is -0.418. The first-order valence-electron chi connectivity index (χ1n) is 4.47. The van der Waals surface area contributed by atoms with E-state index in [1.54, 1.807) is 0 Å². The number of carbonyl (C=O) groups is 1. The van der Waals surface area contributed by atoms with E-state index in [4.69, 9.17) is 0 Å². The summed E-state index contributed by atoms with van der Waals surface area (Å²) < 4.78 is 0. The largest absolute Gasteiger partial charge is 0.328 e. The predicted molar refractivity (Wildman–Crippen MR) is 55.3 cm³/mol. The lowest BCUT2D eigenvalue weighted by atomic mass is 10.2. The Morgan fingerprint density at radius 2 is 2.20 bits per heavy atom. The highest BCUT2D eigenvalue weighted by molar-refractivity contribution is 8.08. The van der Waals surface area contributed by atoms with Crippen LogP contribution in [0.4, 0.5) is 0 Å². The molecule has 0 spiro atoms. The molecular formula is C9H9NO4S. The maximum absolute atomic E-state index is 11.3. The summed E-state index contributed by atoms with van der Waals surface area (Å²) in [6.45, 7) is 1.95. The van der Waals surface area contributed by atoms with Gasteiger partial charge in [0.1, 0.15) is 5.94 Å². The molecule has 0 aromatic carbocycles. The van der Waals surface area contributed by atoms with Gasteiger partial charge in [0.05, 0.1) is 9.83 Å². The second kappa shape index (κ2) is 4.91. The average molecular weight is 227 g/mol. The molecular weight excluding hydrogens is 218 g/mol. The molecule has 0 saturated heterocycles. The highest BCUT2D eigenvalue weighted by Crippen LogP contribution is 2.39. The number of nitro groups is 1. The summed E-state index contributed by atoms with van der Waals surface area (Å²) in [6, 6.07) is 0. The highest BCUT2D eigenvalue weighted by atomic mass is 32.2. The monoisotopic (exact) mass is 227 g/mol. The van der Waals surface area contributed by atoms with E-state index in [-0.39, 0.29) is 4.91 Å². The van der Waals surface area contributed by atoms with Crippen LogP contribution < -0.4 is 0 Å². The first-order chi connectivity index (χ1) is 7.11. The molecule has 0 saturated carbocycles. The second-order valence-corrected chi connectivity index (χ2v) is 4.10. The third-order valence-corrected chi connectivity index (χ3v) is 3.06. The van der Waals surface area contributed by atoms with Crippen LogP contribution in [0.1, 0.15) is 26.2 Å². The number of hydrogen-bond acceptors (Lipinski definition) is 5. The van der Waals surface area contributed by atoms with Gasteiger partial charge in [-0.3, -0.25) is 14.9 Å². The zero-order chi connectivity index (χ0) is 11.4. The van der Waals surface area contributed by atoms with Crippen molar-refractivity contribution in [2.45, 2.75) is 26.2 Å². The fraction of sp³-hybridized carbons (Fsp3) is 0.444. The second-order valence-electron chi connectivity index (χ2n) is 2.99. The molecule has 0 N–H and O–H groups in total. The first-order valence-corrected chi connectivity index (χ1v) is 5.28. The Morgan fingerprint density at radius 3 is 2.67 bits per heavy atom. The van der Waals surface area contributed by atoms with Gasteiger partial charge in [0.15, 0.2) is 4.91 Å². The minimum absolute atomic E-state index is 0.201. The zero-order valence-electron chi connectivity index (χ0n) is 8.11. The van der Waals surface area contributed by atoms with Crippen molar-refractivity contribution in [1.82, 2.24) is 0 Å². The van der Waals surface area contributed by atoms with Gasteiger partial charge in [-0.05, 0) is 12.8 Å². The Labute approximate surface area is 90.4 Å². The van der Waals surface area contributed by atoms with E-state index in [0.29, 0.717) is 11.3 Å². The molecule has 5 nitrogen and oxygen atoms in total. The standard InChI is InChI=1S/C9H9NO4S/c1-2-3-4-6-8(10(13)14)9(12)7(5-11)15-6/h2-4H2,1H3. The van der Waals surface area contributed by atoms with Crippen LogP contribution >= 0.6 is 11.8 Å². The number of carbonyl (C=O) groups excluding carboxylic acids is 2.